The van der Waals surface area contributed by atoms with Gasteiger partial charge < -0.3 is 15.5 Å². The Bertz CT molecular complexity index is 755. The van der Waals surface area contributed by atoms with Crippen molar-refractivity contribution in [2.24, 2.45) is 0 Å². The van der Waals surface area contributed by atoms with Gasteiger partial charge in [0.2, 0.25) is 11.8 Å². The molecule has 1 saturated carbocycles. The average molecular weight is 425 g/mol. The van der Waals surface area contributed by atoms with Crippen LogP contribution in [-0.4, -0.2) is 59.5 Å². The van der Waals surface area contributed by atoms with Gasteiger partial charge in [0.05, 0.1) is 6.07 Å². The second kappa shape index (κ2) is 8.47. The first kappa shape index (κ1) is 22.4. The normalized spacial score (nSPS) is 26.3. The molecule has 0 aromatic carbocycles. The number of amides is 2. The van der Waals surface area contributed by atoms with Crippen LogP contribution in [0.25, 0.3) is 0 Å². The highest BCUT2D eigenvalue weighted by Crippen LogP contribution is 2.35. The number of rotatable bonds is 8. The van der Waals surface area contributed by atoms with E-state index in [1.165, 1.54) is 0 Å². The summed E-state index contributed by atoms with van der Waals surface area (Å²) in [5.41, 5.74) is 1.06. The highest BCUT2D eigenvalue weighted by Gasteiger charge is 2.47. The molecule has 0 bridgehead atoms. The highest BCUT2D eigenvalue weighted by atomic mass is 19.3. The number of piperidine rings is 1. The van der Waals surface area contributed by atoms with Gasteiger partial charge in [-0.25, -0.2) is 8.78 Å². The SMILES string of the molecule is CCCN1CCCC2(C=C(C(=O)NC(CC(C)(F)F)C(=O)NC3(C#N)CC3)NO2)C1. The van der Waals surface area contributed by atoms with E-state index in [0.717, 1.165) is 32.4 Å². The number of carbonyl (C=O) groups is 2. The predicted octanol–water partition coefficient (Wildman–Crippen LogP) is 1.35. The zero-order valence-corrected chi connectivity index (χ0v) is 17.4. The lowest BCUT2D eigenvalue weighted by Gasteiger charge is -2.37. The predicted molar refractivity (Wildman–Crippen MR) is 104 cm³/mol. The molecule has 3 rings (SSSR count). The molecular formula is C20H29F2N5O3. The van der Waals surface area contributed by atoms with E-state index >= 15 is 0 Å². The molecule has 2 aliphatic heterocycles. The number of hydrogen-bond donors (Lipinski definition) is 3. The highest BCUT2D eigenvalue weighted by molar-refractivity contribution is 5.97. The Hall–Kier alpha value is -2.25. The fourth-order valence-electron chi connectivity index (χ4n) is 3.95. The van der Waals surface area contributed by atoms with Crippen LogP contribution in [0.15, 0.2) is 11.8 Å². The second-order valence-corrected chi connectivity index (χ2v) is 8.69. The molecule has 2 amide bonds. The molecule has 0 radical (unpaired) electrons. The molecular weight excluding hydrogens is 396 g/mol. The number of halogens is 2. The average Bonchev–Trinajstić information content (AvgIpc) is 3.33. The molecule has 8 nitrogen and oxygen atoms in total. The van der Waals surface area contributed by atoms with Crippen molar-refractivity contribution in [2.75, 3.05) is 19.6 Å². The van der Waals surface area contributed by atoms with Crippen molar-refractivity contribution in [3.63, 3.8) is 0 Å². The fourth-order valence-corrected chi connectivity index (χ4v) is 3.95. The third-order valence-electron chi connectivity index (χ3n) is 5.63. The van der Waals surface area contributed by atoms with E-state index in [1.807, 2.05) is 6.07 Å². The number of hydrogen-bond acceptors (Lipinski definition) is 6. The Balaban J connectivity index is 1.67. The van der Waals surface area contributed by atoms with Crippen molar-refractivity contribution in [2.45, 2.75) is 75.5 Å². The molecule has 0 aromatic rings. The summed E-state index contributed by atoms with van der Waals surface area (Å²) in [7, 11) is 0. The summed E-state index contributed by atoms with van der Waals surface area (Å²) in [6.45, 7) is 5.30. The molecule has 2 fully saturated rings. The topological polar surface area (TPSA) is 106 Å². The lowest BCUT2D eigenvalue weighted by Crippen LogP contribution is -2.52. The van der Waals surface area contributed by atoms with E-state index in [2.05, 4.69) is 27.9 Å². The van der Waals surface area contributed by atoms with Crippen molar-refractivity contribution >= 4 is 11.8 Å². The Kier molecular flexibility index (Phi) is 6.34. The Morgan fingerprint density at radius 2 is 2.17 bits per heavy atom. The number of alkyl halides is 2. The van der Waals surface area contributed by atoms with E-state index in [1.54, 1.807) is 6.08 Å². The zero-order valence-electron chi connectivity index (χ0n) is 17.4. The molecule has 1 spiro atoms. The van der Waals surface area contributed by atoms with Gasteiger partial charge in [0.1, 0.15) is 22.9 Å². The number of nitrogens with zero attached hydrogens (tertiary/aromatic N) is 2. The van der Waals surface area contributed by atoms with Gasteiger partial charge in [-0.1, -0.05) is 6.92 Å². The van der Waals surface area contributed by atoms with Crippen molar-refractivity contribution in [3.05, 3.63) is 11.8 Å². The van der Waals surface area contributed by atoms with Crippen LogP contribution in [0.1, 0.15) is 52.4 Å². The summed E-state index contributed by atoms with van der Waals surface area (Å²) in [5.74, 6) is -4.65. The van der Waals surface area contributed by atoms with Crippen molar-refractivity contribution in [3.8, 4) is 6.07 Å². The molecule has 2 atom stereocenters. The minimum absolute atomic E-state index is 0.104. The monoisotopic (exact) mass is 425 g/mol. The van der Waals surface area contributed by atoms with Gasteiger partial charge in [-0.05, 0) is 58.2 Å². The maximum atomic E-state index is 13.6. The van der Waals surface area contributed by atoms with Gasteiger partial charge in [-0.15, -0.1) is 0 Å². The summed E-state index contributed by atoms with van der Waals surface area (Å²) in [4.78, 5) is 33.2. The van der Waals surface area contributed by atoms with Crippen molar-refractivity contribution < 1.29 is 23.2 Å². The lowest BCUT2D eigenvalue weighted by atomic mass is 9.92. The second-order valence-electron chi connectivity index (χ2n) is 8.69. The number of nitriles is 1. The van der Waals surface area contributed by atoms with E-state index in [0.29, 0.717) is 26.3 Å². The molecule has 1 aliphatic carbocycles. The van der Waals surface area contributed by atoms with E-state index in [9.17, 15) is 18.4 Å². The standard InChI is InChI=1S/C20H29F2N5O3/c1-3-8-27-9-4-5-20(13-27)11-15(26-30-20)16(28)24-14(10-18(2,21)22)17(29)25-19(12-23)6-7-19/h11,14,26H,3-10,13H2,1-2H3,(H,24,28)(H,25,29). The summed E-state index contributed by atoms with van der Waals surface area (Å²) < 4.78 is 27.3. The molecule has 0 aromatic heterocycles. The first-order valence-electron chi connectivity index (χ1n) is 10.4. The molecule has 1 saturated heterocycles. The third kappa shape index (κ3) is 5.46. The van der Waals surface area contributed by atoms with E-state index in [-0.39, 0.29) is 5.70 Å². The molecule has 2 heterocycles. The molecule has 3 N–H and O–H groups in total. The smallest absolute Gasteiger partial charge is 0.270 e. The molecule has 3 aliphatic rings. The van der Waals surface area contributed by atoms with Crippen LogP contribution in [-0.2, 0) is 14.4 Å². The van der Waals surface area contributed by atoms with Gasteiger partial charge in [-0.3, -0.25) is 19.9 Å². The van der Waals surface area contributed by atoms with Crippen molar-refractivity contribution in [1.29, 1.82) is 5.26 Å². The lowest BCUT2D eigenvalue weighted by molar-refractivity contribution is -0.131. The fraction of sp³-hybridized carbons (Fsp3) is 0.750. The number of likely N-dealkylation sites (tertiary alicyclic amines) is 1. The molecule has 2 unspecified atom stereocenters. The zero-order chi connectivity index (χ0) is 22.0. The Morgan fingerprint density at radius 3 is 2.77 bits per heavy atom. The molecule has 166 valence electrons. The maximum Gasteiger partial charge on any atom is 0.270 e. The van der Waals surface area contributed by atoms with Crippen LogP contribution in [0.3, 0.4) is 0 Å². The van der Waals surface area contributed by atoms with E-state index in [4.69, 9.17) is 10.1 Å². The van der Waals surface area contributed by atoms with Gasteiger partial charge in [-0.2, -0.15) is 5.26 Å². The van der Waals surface area contributed by atoms with Gasteiger partial charge in [0.15, 0.2) is 0 Å². The third-order valence-corrected chi connectivity index (χ3v) is 5.63. The van der Waals surface area contributed by atoms with Crippen LogP contribution in [0, 0.1) is 11.3 Å². The van der Waals surface area contributed by atoms with Gasteiger partial charge in [0.25, 0.3) is 5.91 Å². The Morgan fingerprint density at radius 1 is 1.43 bits per heavy atom. The first-order chi connectivity index (χ1) is 14.1. The summed E-state index contributed by atoms with van der Waals surface area (Å²) in [6, 6.07) is 0.515. The minimum Gasteiger partial charge on any atom is -0.339 e. The largest absolute Gasteiger partial charge is 0.339 e. The number of nitrogens with one attached hydrogen (secondary N) is 3. The summed E-state index contributed by atoms with van der Waals surface area (Å²) in [5, 5.41) is 14.0. The number of carbonyl (C=O) groups excluding carboxylic acids is 2. The van der Waals surface area contributed by atoms with Gasteiger partial charge >= 0.3 is 0 Å². The van der Waals surface area contributed by atoms with E-state index < -0.39 is 41.3 Å². The van der Waals surface area contributed by atoms with Crippen LogP contribution in [0.5, 0.6) is 0 Å². The van der Waals surface area contributed by atoms with Crippen LogP contribution < -0.4 is 16.1 Å². The van der Waals surface area contributed by atoms with Crippen LogP contribution in [0.4, 0.5) is 8.78 Å². The maximum absolute atomic E-state index is 13.6. The van der Waals surface area contributed by atoms with Crippen molar-refractivity contribution in [1.82, 2.24) is 21.0 Å². The first-order valence-corrected chi connectivity index (χ1v) is 10.4. The summed E-state index contributed by atoms with van der Waals surface area (Å²) >= 11 is 0. The molecule has 30 heavy (non-hydrogen) atoms. The van der Waals surface area contributed by atoms with Crippen LogP contribution in [0.2, 0.25) is 0 Å². The van der Waals surface area contributed by atoms with Gasteiger partial charge in [0, 0.05) is 13.0 Å². The quantitative estimate of drug-likeness (QED) is 0.542. The molecule has 10 heteroatoms. The Labute approximate surface area is 174 Å². The van der Waals surface area contributed by atoms with Crippen LogP contribution >= 0.6 is 0 Å². The number of hydroxylamine groups is 1. The summed E-state index contributed by atoms with van der Waals surface area (Å²) in [6.07, 6.45) is 4.41. The minimum atomic E-state index is -3.17.